The first kappa shape index (κ1) is 19.7. The van der Waals surface area contributed by atoms with Crippen LogP contribution in [0.15, 0.2) is 0 Å². The summed E-state index contributed by atoms with van der Waals surface area (Å²) in [6.07, 6.45) is 3.95. The Bertz CT molecular complexity index is 527. The Balaban J connectivity index is 1.83. The molecule has 2 rings (SSSR count). The number of piperidine rings is 1. The monoisotopic (exact) mass is 359 g/mol. The molecule has 2 saturated heterocycles. The van der Waals surface area contributed by atoms with Gasteiger partial charge in [0.1, 0.15) is 0 Å². The number of hydrogen-bond donors (Lipinski definition) is 1. The number of nitrogens with one attached hydrogen (secondary N) is 1. The van der Waals surface area contributed by atoms with Crippen LogP contribution in [-0.4, -0.2) is 69.1 Å². The van der Waals surface area contributed by atoms with Gasteiger partial charge in [0.05, 0.1) is 6.26 Å². The highest BCUT2D eigenvalue weighted by Gasteiger charge is 2.36. The molecular formula is C17H33N3O3S. The molecule has 2 fully saturated rings. The molecule has 6 nitrogen and oxygen atoms in total. The lowest BCUT2D eigenvalue weighted by atomic mass is 9.92. The minimum atomic E-state index is -3.20. The molecule has 0 radical (unpaired) electrons. The fourth-order valence-electron chi connectivity index (χ4n) is 3.84. The lowest BCUT2D eigenvalue weighted by Gasteiger charge is -2.30. The molecule has 2 aliphatic rings. The highest BCUT2D eigenvalue weighted by molar-refractivity contribution is 7.88. The average molecular weight is 360 g/mol. The van der Waals surface area contributed by atoms with Crippen molar-refractivity contribution < 1.29 is 13.2 Å². The largest absolute Gasteiger partial charge is 0.343 e. The van der Waals surface area contributed by atoms with Crippen LogP contribution in [0.25, 0.3) is 0 Å². The summed E-state index contributed by atoms with van der Waals surface area (Å²) in [4.78, 5) is 16.6. The Kier molecular flexibility index (Phi) is 6.67. The third-order valence-electron chi connectivity index (χ3n) is 5.44. The second-order valence-corrected chi connectivity index (χ2v) is 9.76. The van der Waals surface area contributed by atoms with Crippen LogP contribution in [0.5, 0.6) is 0 Å². The first-order valence-corrected chi connectivity index (χ1v) is 11.0. The van der Waals surface area contributed by atoms with Gasteiger partial charge < -0.3 is 9.80 Å². The number of carbonyl (C=O) groups is 1. The molecule has 0 bridgehead atoms. The summed E-state index contributed by atoms with van der Waals surface area (Å²) in [6.45, 7) is 10.5. The molecule has 0 aliphatic carbocycles. The predicted octanol–water partition coefficient (Wildman–Crippen LogP) is 1.14. The molecule has 0 aromatic rings. The van der Waals surface area contributed by atoms with E-state index in [2.05, 4.69) is 30.4 Å². The maximum absolute atomic E-state index is 12.4. The van der Waals surface area contributed by atoms with E-state index < -0.39 is 10.0 Å². The Labute approximate surface area is 147 Å². The first-order chi connectivity index (χ1) is 11.2. The van der Waals surface area contributed by atoms with Gasteiger partial charge in [0, 0.05) is 45.2 Å². The molecule has 1 amide bonds. The predicted molar refractivity (Wildman–Crippen MR) is 96.1 cm³/mol. The Morgan fingerprint density at radius 2 is 1.83 bits per heavy atom. The van der Waals surface area contributed by atoms with Crippen LogP contribution < -0.4 is 4.72 Å². The number of likely N-dealkylation sites (tertiary alicyclic amines) is 2. The van der Waals surface area contributed by atoms with E-state index in [-0.39, 0.29) is 11.9 Å². The van der Waals surface area contributed by atoms with Crippen molar-refractivity contribution in [2.75, 3.05) is 39.0 Å². The zero-order chi connectivity index (χ0) is 17.9. The fraction of sp³-hybridized carbons (Fsp3) is 0.941. The maximum atomic E-state index is 12.4. The molecule has 2 atom stereocenters. The van der Waals surface area contributed by atoms with Crippen molar-refractivity contribution in [2.45, 2.75) is 46.1 Å². The lowest BCUT2D eigenvalue weighted by Crippen LogP contribution is -2.41. The van der Waals surface area contributed by atoms with E-state index >= 15 is 0 Å². The van der Waals surface area contributed by atoms with Crippen molar-refractivity contribution in [1.29, 1.82) is 0 Å². The Morgan fingerprint density at radius 3 is 2.38 bits per heavy atom. The van der Waals surface area contributed by atoms with E-state index in [0.29, 0.717) is 24.8 Å². The number of nitrogens with zero attached hydrogens (tertiary/aromatic N) is 2. The third-order valence-corrected chi connectivity index (χ3v) is 6.17. The van der Waals surface area contributed by atoms with Gasteiger partial charge in [0.2, 0.25) is 15.9 Å². The van der Waals surface area contributed by atoms with Gasteiger partial charge in [-0.15, -0.1) is 0 Å². The van der Waals surface area contributed by atoms with Gasteiger partial charge in [-0.2, -0.15) is 0 Å². The molecular weight excluding hydrogens is 326 g/mol. The number of carbonyl (C=O) groups excluding carboxylic acids is 1. The van der Waals surface area contributed by atoms with Gasteiger partial charge >= 0.3 is 0 Å². The fourth-order valence-corrected chi connectivity index (χ4v) is 4.64. The summed E-state index contributed by atoms with van der Waals surface area (Å²) in [5.74, 6) is 1.67. The normalized spacial score (nSPS) is 27.1. The van der Waals surface area contributed by atoms with Crippen LogP contribution in [0.4, 0.5) is 0 Å². The summed E-state index contributed by atoms with van der Waals surface area (Å²) < 4.78 is 25.9. The number of amides is 1. The number of sulfonamides is 1. The summed E-state index contributed by atoms with van der Waals surface area (Å²) in [5.41, 5.74) is 0. The quantitative estimate of drug-likeness (QED) is 0.772. The smallest absolute Gasteiger partial charge is 0.223 e. The number of hydrogen-bond acceptors (Lipinski definition) is 4. The molecule has 0 aromatic heterocycles. The van der Waals surface area contributed by atoms with Gasteiger partial charge in [-0.25, -0.2) is 13.1 Å². The van der Waals surface area contributed by atoms with Crippen molar-refractivity contribution in [3.8, 4) is 0 Å². The van der Waals surface area contributed by atoms with Crippen LogP contribution in [0.1, 0.15) is 40.0 Å². The van der Waals surface area contributed by atoms with Crippen molar-refractivity contribution in [2.24, 2.45) is 17.8 Å². The molecule has 0 aromatic carbocycles. The minimum Gasteiger partial charge on any atom is -0.343 e. The summed E-state index contributed by atoms with van der Waals surface area (Å²) in [5, 5.41) is 0. The average Bonchev–Trinajstić information content (AvgIpc) is 2.86. The standard InChI is InChI=1S/C17H33N3O3S/c1-13(2)15-11-19(12-16(15)18-24(4,22)23)8-7-17(21)20-9-5-14(3)6-10-20/h13-16,18H,5-12H2,1-4H3/t15-,16+/m0/s1. The van der Waals surface area contributed by atoms with E-state index in [1.807, 2.05) is 4.90 Å². The SMILES string of the molecule is CC1CCN(C(=O)CCN2C[C@@H](NS(C)(=O)=O)[C@H](C(C)C)C2)CC1. The molecule has 1 N–H and O–H groups in total. The molecule has 7 heteroatoms. The van der Waals surface area contributed by atoms with E-state index in [1.165, 1.54) is 6.26 Å². The van der Waals surface area contributed by atoms with Gasteiger partial charge in [-0.3, -0.25) is 4.79 Å². The van der Waals surface area contributed by atoms with Crippen molar-refractivity contribution in [3.63, 3.8) is 0 Å². The van der Waals surface area contributed by atoms with E-state index in [9.17, 15) is 13.2 Å². The van der Waals surface area contributed by atoms with Crippen molar-refractivity contribution in [1.82, 2.24) is 14.5 Å². The summed E-state index contributed by atoms with van der Waals surface area (Å²) in [6, 6.07) is -0.0501. The minimum absolute atomic E-state index is 0.0501. The topological polar surface area (TPSA) is 69.7 Å². The second-order valence-electron chi connectivity index (χ2n) is 7.98. The highest BCUT2D eigenvalue weighted by atomic mass is 32.2. The highest BCUT2D eigenvalue weighted by Crippen LogP contribution is 2.25. The lowest BCUT2D eigenvalue weighted by molar-refractivity contribution is -0.132. The third kappa shape index (κ3) is 5.70. The zero-order valence-corrected chi connectivity index (χ0v) is 16.3. The molecule has 0 spiro atoms. The molecule has 2 aliphatic heterocycles. The van der Waals surface area contributed by atoms with E-state index in [4.69, 9.17) is 0 Å². The maximum Gasteiger partial charge on any atom is 0.223 e. The van der Waals surface area contributed by atoms with Crippen LogP contribution >= 0.6 is 0 Å². The molecule has 24 heavy (non-hydrogen) atoms. The van der Waals surface area contributed by atoms with Gasteiger partial charge in [-0.05, 0) is 30.6 Å². The van der Waals surface area contributed by atoms with Crippen LogP contribution in [0.3, 0.4) is 0 Å². The summed E-state index contributed by atoms with van der Waals surface area (Å²) >= 11 is 0. The van der Waals surface area contributed by atoms with Crippen molar-refractivity contribution in [3.05, 3.63) is 0 Å². The van der Waals surface area contributed by atoms with Crippen LogP contribution in [0.2, 0.25) is 0 Å². The Morgan fingerprint density at radius 1 is 1.21 bits per heavy atom. The van der Waals surface area contributed by atoms with E-state index in [0.717, 1.165) is 44.9 Å². The number of rotatable bonds is 6. The molecule has 0 saturated carbocycles. The van der Waals surface area contributed by atoms with Gasteiger partial charge in [0.15, 0.2) is 0 Å². The van der Waals surface area contributed by atoms with Crippen LogP contribution in [-0.2, 0) is 14.8 Å². The molecule has 2 heterocycles. The van der Waals surface area contributed by atoms with E-state index in [1.54, 1.807) is 0 Å². The van der Waals surface area contributed by atoms with Gasteiger partial charge in [0.25, 0.3) is 0 Å². The van der Waals surface area contributed by atoms with Gasteiger partial charge in [-0.1, -0.05) is 20.8 Å². The first-order valence-electron chi connectivity index (χ1n) is 9.13. The molecule has 0 unspecified atom stereocenters. The van der Waals surface area contributed by atoms with Crippen LogP contribution in [0, 0.1) is 17.8 Å². The summed E-state index contributed by atoms with van der Waals surface area (Å²) in [7, 11) is -3.20. The second kappa shape index (κ2) is 8.15. The Hall–Kier alpha value is -0.660. The van der Waals surface area contributed by atoms with Crippen molar-refractivity contribution >= 4 is 15.9 Å². The zero-order valence-electron chi connectivity index (χ0n) is 15.5. The molecule has 140 valence electrons.